The summed E-state index contributed by atoms with van der Waals surface area (Å²) in [5, 5.41) is 1.75. The molecular weight excluding hydrogens is 241 g/mol. The van der Waals surface area contributed by atoms with Crippen molar-refractivity contribution in [3.05, 3.63) is 35.6 Å². The highest BCUT2D eigenvalue weighted by atomic mass is 19.1. The Morgan fingerprint density at radius 2 is 2.11 bits per heavy atom. The highest BCUT2D eigenvalue weighted by Crippen LogP contribution is 2.07. The van der Waals surface area contributed by atoms with Gasteiger partial charge in [0.15, 0.2) is 0 Å². The number of amides is 3. The van der Waals surface area contributed by atoms with E-state index in [4.69, 9.17) is 10.5 Å². The number of carbonyl (C=O) groups excluding carboxylic acids is 2. The third-order valence-electron chi connectivity index (χ3n) is 2.14. The summed E-state index contributed by atoms with van der Waals surface area (Å²) in [7, 11) is 0. The third kappa shape index (κ3) is 4.79. The molecule has 0 fully saturated rings. The molecule has 98 valence electrons. The van der Waals surface area contributed by atoms with E-state index in [1.807, 2.05) is 0 Å². The van der Waals surface area contributed by atoms with E-state index < -0.39 is 12.1 Å². The van der Waals surface area contributed by atoms with Crippen LogP contribution in [0.4, 0.5) is 14.0 Å². The van der Waals surface area contributed by atoms with Gasteiger partial charge in [0.2, 0.25) is 0 Å². The molecule has 0 saturated heterocycles. The van der Waals surface area contributed by atoms with Crippen LogP contribution >= 0.6 is 0 Å². The van der Waals surface area contributed by atoms with Gasteiger partial charge in [-0.15, -0.1) is 0 Å². The fraction of sp³-hybridized carbons (Fsp3) is 0.273. The largest absolute Gasteiger partial charge is 0.443 e. The molecule has 0 radical (unpaired) electrons. The first-order valence-electron chi connectivity index (χ1n) is 5.28. The monoisotopic (exact) mass is 256 g/mol. The van der Waals surface area contributed by atoms with Crippen LogP contribution in [0.2, 0.25) is 0 Å². The summed E-state index contributed by atoms with van der Waals surface area (Å²) in [6, 6.07) is 4.98. The average Bonchev–Trinajstić information content (AvgIpc) is 2.29. The molecule has 0 aliphatic rings. The molecule has 0 aliphatic carbocycles. The van der Waals surface area contributed by atoms with Gasteiger partial charge in [-0.3, -0.25) is 0 Å². The Kier molecular flexibility index (Phi) is 5.06. The number of nitrogens with two attached hydrogens (primary N) is 1. The summed E-state index contributed by atoms with van der Waals surface area (Å²) in [6.07, 6.45) is -0.610. The molecule has 0 heterocycles. The maximum Gasteiger partial charge on any atom is 0.415 e. The van der Waals surface area contributed by atoms with Crippen molar-refractivity contribution in [3.8, 4) is 0 Å². The van der Waals surface area contributed by atoms with Crippen LogP contribution in [0.5, 0.6) is 0 Å². The van der Waals surface area contributed by atoms with Gasteiger partial charge in [-0.2, -0.15) is 0 Å². The van der Waals surface area contributed by atoms with E-state index in [1.165, 1.54) is 6.07 Å². The highest BCUT2D eigenvalue weighted by molar-refractivity contribution is 5.89. The fourth-order valence-electron chi connectivity index (χ4n) is 1.36. The van der Waals surface area contributed by atoms with E-state index in [0.29, 0.717) is 12.0 Å². The maximum atomic E-state index is 13.3. The number of carbonyl (C=O) groups is 2. The molecule has 0 bridgehead atoms. The minimum atomic E-state index is -0.991. The Morgan fingerprint density at radius 3 is 2.72 bits per heavy atom. The van der Waals surface area contributed by atoms with Gasteiger partial charge in [-0.05, 0) is 11.6 Å². The second-order valence-electron chi connectivity index (χ2n) is 3.75. The van der Waals surface area contributed by atoms with Crippen LogP contribution in [0.1, 0.15) is 5.56 Å². The van der Waals surface area contributed by atoms with Gasteiger partial charge in [-0.25, -0.2) is 19.3 Å². The van der Waals surface area contributed by atoms with Crippen molar-refractivity contribution in [3.63, 3.8) is 0 Å². The van der Waals surface area contributed by atoms with Gasteiger partial charge < -0.3 is 16.2 Å². The van der Waals surface area contributed by atoms with Gasteiger partial charge in [0.1, 0.15) is 18.5 Å². The van der Waals surface area contributed by atoms with Gasteiger partial charge >= 0.3 is 12.1 Å². The number of hydrogen-bond acceptors (Lipinski definition) is 3. The number of hydrogen-bond donors (Lipinski definition) is 3. The first-order chi connectivity index (χ1) is 8.49. The molecule has 0 aromatic heterocycles. The van der Waals surface area contributed by atoms with Crippen molar-refractivity contribution < 1.29 is 24.5 Å². The van der Waals surface area contributed by atoms with Gasteiger partial charge in [-0.1, -0.05) is 18.2 Å². The second kappa shape index (κ2) is 6.55. The molecule has 1 rings (SSSR count). The van der Waals surface area contributed by atoms with Crippen LogP contribution in [0, 0.1) is 5.82 Å². The van der Waals surface area contributed by atoms with E-state index in [2.05, 4.69) is 5.73 Å². The molecule has 0 spiro atoms. The predicted molar refractivity (Wildman–Crippen MR) is 60.8 cm³/mol. The quantitative estimate of drug-likeness (QED) is 0.693. The number of rotatable bonds is 4. The van der Waals surface area contributed by atoms with Crippen LogP contribution in [0.15, 0.2) is 24.3 Å². The van der Waals surface area contributed by atoms with E-state index in [1.54, 1.807) is 23.5 Å². The molecule has 0 saturated carbocycles. The first-order valence-corrected chi connectivity index (χ1v) is 5.28. The lowest BCUT2D eigenvalue weighted by Crippen LogP contribution is -2.64. The fourth-order valence-corrected chi connectivity index (χ4v) is 1.36. The number of alkyl carbamates (subject to hydrolysis) is 1. The minimum absolute atomic E-state index is 0.0343. The van der Waals surface area contributed by atoms with Crippen molar-refractivity contribution in [2.24, 2.45) is 5.73 Å². The lowest BCUT2D eigenvalue weighted by atomic mass is 10.1. The SMILES string of the molecule is NC(=O)NC(=O)OCC([NH3+])Cc1ccccc1F. The predicted octanol–water partition coefficient (Wildman–Crippen LogP) is -0.216. The molecule has 0 aliphatic heterocycles. The molecule has 1 unspecified atom stereocenters. The molecular formula is C11H15FN3O3+. The normalized spacial score (nSPS) is 11.7. The van der Waals surface area contributed by atoms with Gasteiger partial charge in [0.25, 0.3) is 0 Å². The van der Waals surface area contributed by atoms with Crippen LogP contribution < -0.4 is 16.8 Å². The standard InChI is InChI=1S/C11H14FN3O3/c12-9-4-2-1-3-7(9)5-8(13)6-18-11(17)15-10(14)16/h1-4,8H,5-6,13H2,(H3,14,15,16,17)/p+1. The number of quaternary nitrogens is 1. The Morgan fingerprint density at radius 1 is 1.44 bits per heavy atom. The lowest BCUT2D eigenvalue weighted by molar-refractivity contribution is -0.424. The van der Waals surface area contributed by atoms with Gasteiger partial charge in [0, 0.05) is 6.42 Å². The zero-order chi connectivity index (χ0) is 13.5. The molecule has 1 aromatic carbocycles. The molecule has 6 nitrogen and oxygen atoms in total. The number of halogens is 1. The highest BCUT2D eigenvalue weighted by Gasteiger charge is 2.14. The molecule has 7 heteroatoms. The topological polar surface area (TPSA) is 109 Å². The number of urea groups is 1. The van der Waals surface area contributed by atoms with Crippen molar-refractivity contribution in [1.29, 1.82) is 0 Å². The van der Waals surface area contributed by atoms with Crippen LogP contribution in [0.25, 0.3) is 0 Å². The van der Waals surface area contributed by atoms with Crippen molar-refractivity contribution in [1.82, 2.24) is 5.32 Å². The number of imide groups is 1. The summed E-state index contributed by atoms with van der Waals surface area (Å²) in [5.41, 5.74) is 8.96. The number of primary amides is 1. The van der Waals surface area contributed by atoms with E-state index in [-0.39, 0.29) is 18.5 Å². The summed E-state index contributed by atoms with van der Waals surface area (Å²) in [5.74, 6) is -0.326. The maximum absolute atomic E-state index is 13.3. The number of nitrogens with one attached hydrogen (secondary N) is 1. The Labute approximate surface area is 103 Å². The van der Waals surface area contributed by atoms with Crippen molar-refractivity contribution in [2.45, 2.75) is 12.5 Å². The Hall–Kier alpha value is -2.15. The smallest absolute Gasteiger partial charge is 0.415 e. The number of benzene rings is 1. The summed E-state index contributed by atoms with van der Waals surface area (Å²) >= 11 is 0. The Bertz CT molecular complexity index is 439. The summed E-state index contributed by atoms with van der Waals surface area (Å²) < 4.78 is 18.0. The van der Waals surface area contributed by atoms with Gasteiger partial charge in [0.05, 0.1) is 0 Å². The van der Waals surface area contributed by atoms with Crippen LogP contribution in [0.3, 0.4) is 0 Å². The second-order valence-corrected chi connectivity index (χ2v) is 3.75. The third-order valence-corrected chi connectivity index (χ3v) is 2.14. The van der Waals surface area contributed by atoms with Crippen molar-refractivity contribution >= 4 is 12.1 Å². The summed E-state index contributed by atoms with van der Waals surface area (Å²) in [6.45, 7) is -0.0343. The minimum Gasteiger partial charge on any atom is -0.443 e. The molecule has 3 amide bonds. The van der Waals surface area contributed by atoms with Crippen LogP contribution in [-0.4, -0.2) is 24.8 Å². The Balaban J connectivity index is 2.38. The molecule has 1 aromatic rings. The molecule has 6 N–H and O–H groups in total. The van der Waals surface area contributed by atoms with E-state index in [9.17, 15) is 14.0 Å². The van der Waals surface area contributed by atoms with Crippen molar-refractivity contribution in [2.75, 3.05) is 6.61 Å². The number of ether oxygens (including phenoxy) is 1. The lowest BCUT2D eigenvalue weighted by Gasteiger charge is -2.10. The van der Waals surface area contributed by atoms with E-state index in [0.717, 1.165) is 0 Å². The summed E-state index contributed by atoms with van der Waals surface area (Å²) in [4.78, 5) is 21.3. The van der Waals surface area contributed by atoms with Crippen LogP contribution in [-0.2, 0) is 11.2 Å². The zero-order valence-electron chi connectivity index (χ0n) is 9.69. The molecule has 18 heavy (non-hydrogen) atoms. The first kappa shape index (κ1) is 13.9. The molecule has 1 atom stereocenters. The average molecular weight is 256 g/mol. The van der Waals surface area contributed by atoms with E-state index >= 15 is 0 Å². The zero-order valence-corrected chi connectivity index (χ0v) is 9.69.